The molecule has 0 spiro atoms. The molecule has 1 saturated carbocycles. The number of aliphatic hydroxyl groups is 2. The minimum absolute atomic E-state index is 0.0338. The third-order valence-electron chi connectivity index (χ3n) is 11.9. The Morgan fingerprint density at radius 3 is 2.31 bits per heavy atom. The van der Waals surface area contributed by atoms with Crippen LogP contribution in [0.5, 0.6) is 17.2 Å². The van der Waals surface area contributed by atoms with Crippen LogP contribution in [0.25, 0.3) is 0 Å². The van der Waals surface area contributed by atoms with E-state index in [0.29, 0.717) is 72.6 Å². The number of rotatable bonds is 10. The van der Waals surface area contributed by atoms with Gasteiger partial charge in [-0.05, 0) is 111 Å². The van der Waals surface area contributed by atoms with Crippen molar-refractivity contribution < 1.29 is 34.0 Å². The summed E-state index contributed by atoms with van der Waals surface area (Å²) in [5.74, 6) is 1.59. The Morgan fingerprint density at radius 2 is 1.60 bits per heavy atom. The summed E-state index contributed by atoms with van der Waals surface area (Å²) in [4.78, 5) is 30.4. The van der Waals surface area contributed by atoms with Crippen molar-refractivity contribution in [3.8, 4) is 17.2 Å². The number of hydrogen-bond acceptors (Lipinski definition) is 7. The summed E-state index contributed by atoms with van der Waals surface area (Å²) in [7, 11) is 4.77. The van der Waals surface area contributed by atoms with Gasteiger partial charge in [0.1, 0.15) is 17.2 Å². The van der Waals surface area contributed by atoms with Crippen LogP contribution < -0.4 is 19.5 Å². The monoisotopic (exact) mass is 746 g/mol. The van der Waals surface area contributed by atoms with Crippen LogP contribution in [0.2, 0.25) is 0 Å². The molecule has 3 aliphatic rings. The smallest absolute Gasteiger partial charge is 0.322 e. The lowest BCUT2D eigenvalue weighted by Crippen LogP contribution is -2.54. The number of urea groups is 1. The zero-order valence-electron chi connectivity index (χ0n) is 32.6. The summed E-state index contributed by atoms with van der Waals surface area (Å²) in [6.45, 7) is 4.41. The third-order valence-corrected chi connectivity index (χ3v) is 11.9. The molecule has 3 aliphatic carbocycles. The normalized spacial score (nSPS) is 22.5. The number of allylic oxidation sites excluding steroid dienone is 2. The zero-order valence-corrected chi connectivity index (χ0v) is 32.6. The van der Waals surface area contributed by atoms with Gasteiger partial charge in [0, 0.05) is 33.9 Å². The number of ether oxygens (including phenoxy) is 3. The first-order chi connectivity index (χ1) is 26.5. The van der Waals surface area contributed by atoms with Crippen molar-refractivity contribution >= 4 is 17.5 Å². The highest BCUT2D eigenvalue weighted by atomic mass is 16.5. The largest absolute Gasteiger partial charge is 0.497 e. The highest BCUT2D eigenvalue weighted by Crippen LogP contribution is 2.59. The molecule has 2 bridgehead atoms. The van der Waals surface area contributed by atoms with Crippen LogP contribution in [-0.4, -0.2) is 66.5 Å². The summed E-state index contributed by atoms with van der Waals surface area (Å²) in [5, 5.41) is 27.2. The van der Waals surface area contributed by atoms with E-state index in [1.165, 1.54) is 5.57 Å². The number of hydrogen-bond donors (Lipinski definition) is 3. The van der Waals surface area contributed by atoms with Crippen molar-refractivity contribution in [2.24, 2.45) is 5.41 Å². The van der Waals surface area contributed by atoms with E-state index in [9.17, 15) is 19.8 Å². The molecule has 290 valence electrons. The molecule has 2 amide bonds. The van der Waals surface area contributed by atoms with Crippen molar-refractivity contribution in [2.45, 2.75) is 83.0 Å². The number of benzene rings is 4. The zero-order chi connectivity index (χ0) is 39.2. The average Bonchev–Trinajstić information content (AvgIpc) is 3.45. The number of carbonyl (C=O) groups excluding carboxylic acids is 2. The molecule has 4 atom stereocenters. The van der Waals surface area contributed by atoms with Gasteiger partial charge in [0.15, 0.2) is 5.78 Å². The van der Waals surface area contributed by atoms with Crippen LogP contribution in [0.1, 0.15) is 90.9 Å². The van der Waals surface area contributed by atoms with E-state index in [1.807, 2.05) is 60.7 Å². The molecule has 1 fully saturated rings. The minimum atomic E-state index is -1.34. The predicted octanol–water partition coefficient (Wildman–Crippen LogP) is 8.72. The van der Waals surface area contributed by atoms with Gasteiger partial charge in [-0.25, -0.2) is 4.79 Å². The molecule has 4 unspecified atom stereocenters. The predicted molar refractivity (Wildman–Crippen MR) is 215 cm³/mol. The Hall–Kier alpha value is -5.12. The molecule has 0 radical (unpaired) electrons. The number of methoxy groups -OCH3 is 3. The number of aliphatic hydroxyl groups excluding tert-OH is 1. The van der Waals surface area contributed by atoms with Crippen molar-refractivity contribution in [3.05, 3.63) is 130 Å². The van der Waals surface area contributed by atoms with Crippen LogP contribution in [0.3, 0.4) is 0 Å². The number of fused-ring (bicyclic) bond motifs is 8. The second kappa shape index (κ2) is 17.1. The number of anilines is 1. The fourth-order valence-corrected chi connectivity index (χ4v) is 8.52. The molecule has 4 aromatic rings. The first kappa shape index (κ1) is 39.6. The lowest BCUT2D eigenvalue weighted by atomic mass is 9.64. The van der Waals surface area contributed by atoms with Gasteiger partial charge in [0.2, 0.25) is 0 Å². The van der Waals surface area contributed by atoms with Crippen molar-refractivity contribution in [2.75, 3.05) is 33.2 Å². The molecule has 55 heavy (non-hydrogen) atoms. The summed E-state index contributed by atoms with van der Waals surface area (Å²) < 4.78 is 16.5. The number of amides is 2. The molecule has 0 aromatic heterocycles. The first-order valence-electron chi connectivity index (χ1n) is 19.2. The molecule has 9 nitrogen and oxygen atoms in total. The molecule has 3 N–H and O–H groups in total. The standard InChI is InChI=1S/C46H54N2O7/c1-31-10-9-24-45(2)41(39-22-14-32(26-36(49)18-13-31)27-40(39)43(50)33-11-7-6-8-12-33)23-25-46(45,52)30-48(29-34-15-19-38(54-4)28-42(34)55-5)44(51)47-35-16-20-37(53-3)21-17-35/h6-8,10-12,14-17,19-22,27-28,36,41,49,52H,9,13,18,23-26,29-30H2,1-5H3,(H,47,51). The number of nitrogens with zero attached hydrogens (tertiary/aromatic N) is 1. The molecule has 0 saturated heterocycles. The summed E-state index contributed by atoms with van der Waals surface area (Å²) in [5.41, 5.74) is 3.43. The quantitative estimate of drug-likeness (QED) is 0.110. The van der Waals surface area contributed by atoms with Gasteiger partial charge < -0.3 is 34.6 Å². The molecule has 7 rings (SSSR count). The summed E-state index contributed by atoms with van der Waals surface area (Å²) >= 11 is 0. The Balaban J connectivity index is 1.42. The Kier molecular flexibility index (Phi) is 12.3. The van der Waals surface area contributed by atoms with Gasteiger partial charge in [-0.3, -0.25) is 4.79 Å². The average molecular weight is 747 g/mol. The van der Waals surface area contributed by atoms with Gasteiger partial charge in [-0.2, -0.15) is 0 Å². The van der Waals surface area contributed by atoms with Gasteiger partial charge in [0.05, 0.1) is 46.1 Å². The van der Waals surface area contributed by atoms with E-state index < -0.39 is 17.1 Å². The summed E-state index contributed by atoms with van der Waals surface area (Å²) in [6.07, 6.45) is 5.85. The SMILES string of the molecule is COc1ccc(NC(=O)N(Cc2ccc(OC)cc2OC)CC2(O)CCC3c4ccc(cc4C(=O)c4ccccc4)CC(O)CCC(C)=CCCC32C)cc1. The maximum atomic E-state index is 14.4. The fraction of sp³-hybridized carbons (Fsp3) is 0.391. The second-order valence-corrected chi connectivity index (χ2v) is 15.3. The van der Waals surface area contributed by atoms with Crippen LogP contribution in [0.15, 0.2) is 103 Å². The van der Waals surface area contributed by atoms with Crippen LogP contribution in [0, 0.1) is 5.41 Å². The summed E-state index contributed by atoms with van der Waals surface area (Å²) in [6, 6.07) is 27.6. The number of ketones is 1. The maximum Gasteiger partial charge on any atom is 0.322 e. The van der Waals surface area contributed by atoms with E-state index in [0.717, 1.165) is 23.1 Å². The maximum absolute atomic E-state index is 14.4. The minimum Gasteiger partial charge on any atom is -0.497 e. The Morgan fingerprint density at radius 1 is 0.873 bits per heavy atom. The molecular weight excluding hydrogens is 693 g/mol. The van der Waals surface area contributed by atoms with Crippen molar-refractivity contribution in [3.63, 3.8) is 0 Å². The van der Waals surface area contributed by atoms with E-state index in [-0.39, 0.29) is 30.8 Å². The Bertz CT molecular complexity index is 2000. The van der Waals surface area contributed by atoms with Gasteiger partial charge >= 0.3 is 6.03 Å². The van der Waals surface area contributed by atoms with Gasteiger partial charge in [-0.1, -0.05) is 61.0 Å². The van der Waals surface area contributed by atoms with E-state index >= 15 is 0 Å². The molecular formula is C46H54N2O7. The van der Waals surface area contributed by atoms with Crippen LogP contribution in [0.4, 0.5) is 10.5 Å². The lowest BCUT2D eigenvalue weighted by Gasteiger charge is -2.46. The van der Waals surface area contributed by atoms with Crippen molar-refractivity contribution in [1.29, 1.82) is 0 Å². The van der Waals surface area contributed by atoms with E-state index in [1.54, 1.807) is 56.6 Å². The molecule has 4 aromatic carbocycles. The second-order valence-electron chi connectivity index (χ2n) is 15.3. The molecule has 9 heteroatoms. The highest BCUT2D eigenvalue weighted by Gasteiger charge is 2.57. The Labute approximate surface area is 324 Å². The van der Waals surface area contributed by atoms with Crippen molar-refractivity contribution in [1.82, 2.24) is 4.90 Å². The molecule has 0 aliphatic heterocycles. The lowest BCUT2D eigenvalue weighted by molar-refractivity contribution is -0.0773. The fourth-order valence-electron chi connectivity index (χ4n) is 8.52. The highest BCUT2D eigenvalue weighted by molar-refractivity contribution is 6.10. The van der Waals surface area contributed by atoms with Crippen LogP contribution >= 0.6 is 0 Å². The number of nitrogens with one attached hydrogen (secondary N) is 1. The van der Waals surface area contributed by atoms with Crippen LogP contribution in [-0.2, 0) is 13.0 Å². The van der Waals surface area contributed by atoms with E-state index in [2.05, 4.69) is 25.2 Å². The topological polar surface area (TPSA) is 118 Å². The number of carbonyl (C=O) groups is 2. The van der Waals surface area contributed by atoms with Gasteiger partial charge in [0.25, 0.3) is 0 Å². The first-order valence-corrected chi connectivity index (χ1v) is 19.2. The molecule has 0 heterocycles. The van der Waals surface area contributed by atoms with Gasteiger partial charge in [-0.15, -0.1) is 0 Å². The van der Waals surface area contributed by atoms with E-state index in [4.69, 9.17) is 14.2 Å². The third kappa shape index (κ3) is 8.74.